The van der Waals surface area contributed by atoms with Crippen LogP contribution in [-0.2, 0) is 9.53 Å². The van der Waals surface area contributed by atoms with E-state index in [1.165, 1.54) is 0 Å². The van der Waals surface area contributed by atoms with E-state index in [2.05, 4.69) is 32.8 Å². The third-order valence-electron chi connectivity index (χ3n) is 2.96. The summed E-state index contributed by atoms with van der Waals surface area (Å²) in [4.78, 5) is 14.0. The number of nitrogens with one attached hydrogen (secondary N) is 1. The third kappa shape index (κ3) is 5.53. The largest absolute Gasteiger partial charge is 0.374 e. The summed E-state index contributed by atoms with van der Waals surface area (Å²) in [6, 6.07) is 7.75. The Morgan fingerprint density at radius 2 is 2.35 bits per heavy atom. The fraction of sp³-hybridized carbons (Fsp3) is 0.462. The maximum atomic E-state index is 12.0. The Kier molecular flexibility index (Phi) is 7.75. The van der Waals surface area contributed by atoms with E-state index in [9.17, 15) is 4.79 Å². The van der Waals surface area contributed by atoms with E-state index in [-0.39, 0.29) is 24.4 Å². The molecule has 0 bridgehead atoms. The Hall–Kier alpha value is -0.410. The van der Waals surface area contributed by atoms with Crippen molar-refractivity contribution < 1.29 is 9.53 Å². The van der Waals surface area contributed by atoms with Gasteiger partial charge >= 0.3 is 0 Å². The van der Waals surface area contributed by atoms with Gasteiger partial charge in [-0.15, -0.1) is 12.4 Å². The summed E-state index contributed by atoms with van der Waals surface area (Å²) in [6.45, 7) is 3.01. The molecule has 1 unspecified atom stereocenters. The Morgan fingerprint density at radius 1 is 1.55 bits per heavy atom. The molecule has 0 aromatic heterocycles. The molecule has 1 amide bonds. The van der Waals surface area contributed by atoms with Gasteiger partial charge in [0.25, 0.3) is 0 Å². The summed E-state index contributed by atoms with van der Waals surface area (Å²) in [5.41, 5.74) is 6.42. The molecule has 1 atom stereocenters. The molecule has 20 heavy (non-hydrogen) atoms. The SMILES string of the molecule is Cl.NCC1CN(CC(=O)Nc2cccc(I)c2)CCO1. The minimum atomic E-state index is -0.000304. The first-order valence-electron chi connectivity index (χ1n) is 6.27. The summed E-state index contributed by atoms with van der Waals surface area (Å²) in [7, 11) is 0. The van der Waals surface area contributed by atoms with Crippen LogP contribution in [0.5, 0.6) is 0 Å². The van der Waals surface area contributed by atoms with Crippen molar-refractivity contribution in [2.75, 3.05) is 38.1 Å². The Balaban J connectivity index is 0.00000200. The van der Waals surface area contributed by atoms with Gasteiger partial charge in [-0.1, -0.05) is 6.07 Å². The molecule has 1 aromatic rings. The fourth-order valence-corrected chi connectivity index (χ4v) is 2.58. The minimum Gasteiger partial charge on any atom is -0.374 e. The molecule has 1 aliphatic rings. The molecule has 5 nitrogen and oxygen atoms in total. The second-order valence-corrected chi connectivity index (χ2v) is 5.77. The van der Waals surface area contributed by atoms with Crippen molar-refractivity contribution in [1.29, 1.82) is 0 Å². The number of hydrogen-bond donors (Lipinski definition) is 2. The van der Waals surface area contributed by atoms with E-state index in [4.69, 9.17) is 10.5 Å². The highest BCUT2D eigenvalue weighted by molar-refractivity contribution is 14.1. The zero-order valence-corrected chi connectivity index (χ0v) is 14.0. The molecule has 1 saturated heterocycles. The van der Waals surface area contributed by atoms with Gasteiger partial charge < -0.3 is 15.8 Å². The molecule has 0 aliphatic carbocycles. The number of amides is 1. The predicted molar refractivity (Wildman–Crippen MR) is 90.3 cm³/mol. The predicted octanol–water partition coefficient (Wildman–Crippen LogP) is 1.31. The summed E-state index contributed by atoms with van der Waals surface area (Å²) >= 11 is 2.22. The fourth-order valence-electron chi connectivity index (χ4n) is 2.04. The van der Waals surface area contributed by atoms with Crippen molar-refractivity contribution in [3.63, 3.8) is 0 Å². The van der Waals surface area contributed by atoms with Gasteiger partial charge in [-0.3, -0.25) is 9.69 Å². The number of ether oxygens (including phenoxy) is 1. The number of benzene rings is 1. The minimum absolute atomic E-state index is 0. The van der Waals surface area contributed by atoms with Gasteiger partial charge in [-0.2, -0.15) is 0 Å². The average Bonchev–Trinajstić information content (AvgIpc) is 2.38. The van der Waals surface area contributed by atoms with Crippen LogP contribution < -0.4 is 11.1 Å². The van der Waals surface area contributed by atoms with E-state index in [0.717, 1.165) is 22.3 Å². The lowest BCUT2D eigenvalue weighted by molar-refractivity contribution is -0.119. The Labute approximate surface area is 138 Å². The monoisotopic (exact) mass is 411 g/mol. The molecule has 112 valence electrons. The van der Waals surface area contributed by atoms with Crippen molar-refractivity contribution in [1.82, 2.24) is 4.90 Å². The molecule has 0 spiro atoms. The number of carbonyl (C=O) groups is 1. The highest BCUT2D eigenvalue weighted by Gasteiger charge is 2.20. The number of hydrogen-bond acceptors (Lipinski definition) is 4. The standard InChI is InChI=1S/C13H18IN3O2.ClH/c14-10-2-1-3-11(6-10)16-13(18)9-17-4-5-19-12(7-15)8-17;/h1-3,6,12H,4-5,7-9,15H2,(H,16,18);1H. The van der Waals surface area contributed by atoms with E-state index in [1.54, 1.807) is 0 Å². The molecular weight excluding hydrogens is 393 g/mol. The topological polar surface area (TPSA) is 67.6 Å². The number of nitrogens with two attached hydrogens (primary N) is 1. The van der Waals surface area contributed by atoms with Gasteiger partial charge in [0.05, 0.1) is 19.3 Å². The summed E-state index contributed by atoms with van der Waals surface area (Å²) in [5, 5.41) is 2.91. The lowest BCUT2D eigenvalue weighted by Gasteiger charge is -2.31. The first-order chi connectivity index (χ1) is 9.17. The molecular formula is C13H19ClIN3O2. The maximum absolute atomic E-state index is 12.0. The number of anilines is 1. The van der Waals surface area contributed by atoms with Crippen molar-refractivity contribution >= 4 is 46.6 Å². The van der Waals surface area contributed by atoms with Crippen molar-refractivity contribution in [3.8, 4) is 0 Å². The van der Waals surface area contributed by atoms with Crippen molar-refractivity contribution in [2.24, 2.45) is 5.73 Å². The van der Waals surface area contributed by atoms with Crippen LogP contribution in [0.3, 0.4) is 0 Å². The molecule has 1 heterocycles. The molecule has 7 heteroatoms. The van der Waals surface area contributed by atoms with Crippen LogP contribution in [0.15, 0.2) is 24.3 Å². The second kappa shape index (κ2) is 8.78. The highest BCUT2D eigenvalue weighted by atomic mass is 127. The number of carbonyl (C=O) groups excluding carboxylic acids is 1. The molecule has 1 fully saturated rings. The van der Waals surface area contributed by atoms with Gasteiger partial charge in [-0.25, -0.2) is 0 Å². The maximum Gasteiger partial charge on any atom is 0.238 e. The van der Waals surface area contributed by atoms with Crippen LogP contribution in [0.4, 0.5) is 5.69 Å². The summed E-state index contributed by atoms with van der Waals surface area (Å²) < 4.78 is 6.58. The van der Waals surface area contributed by atoms with E-state index < -0.39 is 0 Å². The van der Waals surface area contributed by atoms with E-state index in [1.807, 2.05) is 24.3 Å². The average molecular weight is 412 g/mol. The number of nitrogens with zero attached hydrogens (tertiary/aromatic N) is 1. The molecule has 2 rings (SSSR count). The lowest BCUT2D eigenvalue weighted by Crippen LogP contribution is -2.48. The van der Waals surface area contributed by atoms with Gasteiger partial charge in [-0.05, 0) is 40.8 Å². The van der Waals surface area contributed by atoms with Crippen LogP contribution in [-0.4, -0.2) is 49.7 Å². The van der Waals surface area contributed by atoms with Gasteiger partial charge in [0.2, 0.25) is 5.91 Å². The normalized spacial score (nSPS) is 19.2. The first-order valence-corrected chi connectivity index (χ1v) is 7.34. The number of morpholine rings is 1. The molecule has 0 radical (unpaired) electrons. The van der Waals surface area contributed by atoms with Crippen LogP contribution in [0.2, 0.25) is 0 Å². The zero-order chi connectivity index (χ0) is 13.7. The van der Waals surface area contributed by atoms with Crippen molar-refractivity contribution in [3.05, 3.63) is 27.8 Å². The van der Waals surface area contributed by atoms with Gasteiger partial charge in [0, 0.05) is 28.9 Å². The van der Waals surface area contributed by atoms with E-state index in [0.29, 0.717) is 19.7 Å². The Morgan fingerprint density at radius 3 is 3.05 bits per heavy atom. The lowest BCUT2D eigenvalue weighted by atomic mass is 10.2. The van der Waals surface area contributed by atoms with Crippen molar-refractivity contribution in [2.45, 2.75) is 6.10 Å². The zero-order valence-electron chi connectivity index (χ0n) is 11.0. The van der Waals surface area contributed by atoms with Crippen LogP contribution in [0.1, 0.15) is 0 Å². The molecule has 1 aromatic carbocycles. The first kappa shape index (κ1) is 17.6. The van der Waals surface area contributed by atoms with Crippen LogP contribution in [0, 0.1) is 3.57 Å². The smallest absolute Gasteiger partial charge is 0.238 e. The summed E-state index contributed by atoms with van der Waals surface area (Å²) in [6.07, 6.45) is 0.0409. The third-order valence-corrected chi connectivity index (χ3v) is 3.63. The molecule has 1 aliphatic heterocycles. The highest BCUT2D eigenvalue weighted by Crippen LogP contribution is 2.12. The van der Waals surface area contributed by atoms with E-state index >= 15 is 0 Å². The number of halogens is 2. The number of rotatable bonds is 4. The van der Waals surface area contributed by atoms with Gasteiger partial charge in [0.15, 0.2) is 0 Å². The van der Waals surface area contributed by atoms with Gasteiger partial charge in [0.1, 0.15) is 0 Å². The molecule has 0 saturated carbocycles. The van der Waals surface area contributed by atoms with Crippen LogP contribution in [0.25, 0.3) is 0 Å². The van der Waals surface area contributed by atoms with Crippen LogP contribution >= 0.6 is 35.0 Å². The Bertz CT molecular complexity index is 447. The molecule has 3 N–H and O–H groups in total. The second-order valence-electron chi connectivity index (χ2n) is 4.52. The quantitative estimate of drug-likeness (QED) is 0.733. The summed E-state index contributed by atoms with van der Waals surface area (Å²) in [5.74, 6) is -0.000304.